The van der Waals surface area contributed by atoms with E-state index in [0.29, 0.717) is 13.0 Å². The first-order valence-corrected chi connectivity index (χ1v) is 5.09. The van der Waals surface area contributed by atoms with Crippen LogP contribution >= 0.6 is 0 Å². The highest BCUT2D eigenvalue weighted by Gasteiger charge is 2.55. The number of amides is 3. The number of nitrogens with zero attached hydrogens (tertiary/aromatic N) is 2. The van der Waals surface area contributed by atoms with Gasteiger partial charge in [0.25, 0.3) is 0 Å². The van der Waals surface area contributed by atoms with Crippen molar-refractivity contribution in [3.05, 3.63) is 6.92 Å². The highest BCUT2D eigenvalue weighted by molar-refractivity contribution is 6.05. The minimum Gasteiger partial charge on any atom is -0.284 e. The molecule has 0 aromatic rings. The lowest BCUT2D eigenvalue weighted by molar-refractivity contribution is -0.137. The highest BCUT2D eigenvalue weighted by Crippen LogP contribution is 2.21. The second-order valence-corrected chi connectivity index (χ2v) is 3.36. The first-order chi connectivity index (χ1) is 7.58. The molecule has 1 aliphatic rings. The maximum Gasteiger partial charge on any atom is 0.344 e. The monoisotopic (exact) mass is 228 g/mol. The summed E-state index contributed by atoms with van der Waals surface area (Å²) in [7, 11) is 4.77. The molecule has 1 fully saturated rings. The molecule has 0 bridgehead atoms. The molecule has 1 radical (unpaired) electrons. The summed E-state index contributed by atoms with van der Waals surface area (Å²) in [6, 6.07) is -0.389. The normalized spacial score (nSPS) is 19.8. The van der Waals surface area contributed by atoms with Gasteiger partial charge in [-0.15, -0.1) is 0 Å². The van der Waals surface area contributed by atoms with Gasteiger partial charge in [-0.05, 0) is 20.5 Å². The number of rotatable bonds is 5. The van der Waals surface area contributed by atoms with Gasteiger partial charge in [0.1, 0.15) is 0 Å². The van der Waals surface area contributed by atoms with E-state index in [-0.39, 0.29) is 11.9 Å². The van der Waals surface area contributed by atoms with Crippen LogP contribution in [0, 0.1) is 6.92 Å². The number of hydrogen-bond donors (Lipinski definition) is 3. The minimum atomic E-state index is -1.18. The summed E-state index contributed by atoms with van der Waals surface area (Å²) in [6.45, 7) is 4.09. The second kappa shape index (κ2) is 4.77. The smallest absolute Gasteiger partial charge is 0.284 e. The molecular weight excluding hydrogens is 210 g/mol. The van der Waals surface area contributed by atoms with E-state index in [1.54, 1.807) is 14.1 Å². The fraction of sp³-hybridized carbons (Fsp3) is 0.667. The van der Waals surface area contributed by atoms with E-state index in [1.807, 2.05) is 0 Å². The number of urea groups is 1. The largest absolute Gasteiger partial charge is 0.344 e. The van der Waals surface area contributed by atoms with E-state index in [0.717, 1.165) is 5.01 Å². The van der Waals surface area contributed by atoms with Gasteiger partial charge in [-0.3, -0.25) is 20.3 Å². The predicted molar refractivity (Wildman–Crippen MR) is 58.8 cm³/mol. The lowest BCUT2D eigenvalue weighted by atomic mass is 10.3. The van der Waals surface area contributed by atoms with Crippen molar-refractivity contribution in [2.24, 2.45) is 0 Å². The zero-order valence-electron chi connectivity index (χ0n) is 9.83. The summed E-state index contributed by atoms with van der Waals surface area (Å²) < 4.78 is 0. The van der Waals surface area contributed by atoms with Crippen molar-refractivity contribution < 1.29 is 9.59 Å². The number of carbonyl (C=O) groups excluding carboxylic acids is 2. The van der Waals surface area contributed by atoms with E-state index >= 15 is 0 Å². The Kier molecular flexibility index (Phi) is 3.84. The number of hydrogen-bond acceptors (Lipinski definition) is 5. The number of imide groups is 1. The Balaban J connectivity index is 3.12. The molecule has 0 unspecified atom stereocenters. The van der Waals surface area contributed by atoms with Crippen molar-refractivity contribution in [2.45, 2.75) is 12.2 Å². The molecule has 1 heterocycles. The lowest BCUT2D eigenvalue weighted by Gasteiger charge is -2.33. The number of hydrazine groups is 1. The van der Waals surface area contributed by atoms with Gasteiger partial charge in [0, 0.05) is 13.6 Å². The maximum absolute atomic E-state index is 12.1. The van der Waals surface area contributed by atoms with Gasteiger partial charge in [0.15, 0.2) is 0 Å². The van der Waals surface area contributed by atoms with E-state index in [4.69, 9.17) is 0 Å². The van der Waals surface area contributed by atoms with Crippen molar-refractivity contribution in [3.63, 3.8) is 0 Å². The van der Waals surface area contributed by atoms with Gasteiger partial charge < -0.3 is 0 Å². The summed E-state index contributed by atoms with van der Waals surface area (Å²) in [6.07, 6.45) is 0.529. The van der Waals surface area contributed by atoms with Gasteiger partial charge in [-0.2, -0.15) is 5.01 Å². The van der Waals surface area contributed by atoms with E-state index in [1.165, 1.54) is 11.9 Å². The van der Waals surface area contributed by atoms with Crippen LogP contribution in [0.3, 0.4) is 0 Å². The molecule has 7 nitrogen and oxygen atoms in total. The molecule has 91 valence electrons. The Morgan fingerprint density at radius 3 is 2.19 bits per heavy atom. The molecule has 0 aliphatic carbocycles. The molecule has 1 aliphatic heterocycles. The zero-order valence-corrected chi connectivity index (χ0v) is 9.83. The topological polar surface area (TPSA) is 76.7 Å². The third kappa shape index (κ3) is 1.57. The first-order valence-electron chi connectivity index (χ1n) is 5.09. The van der Waals surface area contributed by atoms with Crippen LogP contribution in [-0.2, 0) is 4.79 Å². The average Bonchev–Trinajstić information content (AvgIpc) is 2.49. The molecule has 3 amide bonds. The van der Waals surface area contributed by atoms with Gasteiger partial charge in [-0.25, -0.2) is 10.2 Å². The van der Waals surface area contributed by atoms with Crippen LogP contribution in [0.25, 0.3) is 0 Å². The van der Waals surface area contributed by atoms with Crippen LogP contribution in [-0.4, -0.2) is 55.3 Å². The summed E-state index contributed by atoms with van der Waals surface area (Å²) in [4.78, 5) is 25.4. The Bertz CT molecular complexity index is 290. The average molecular weight is 228 g/mol. The molecule has 3 N–H and O–H groups in total. The molecule has 0 atom stereocenters. The zero-order chi connectivity index (χ0) is 12.3. The number of nitrogens with one attached hydrogen (secondary N) is 3. The third-order valence-electron chi connectivity index (χ3n) is 2.67. The van der Waals surface area contributed by atoms with Crippen LogP contribution < -0.4 is 16.1 Å². The van der Waals surface area contributed by atoms with Gasteiger partial charge in [-0.1, -0.05) is 6.92 Å². The van der Waals surface area contributed by atoms with Gasteiger partial charge in [0.05, 0.1) is 0 Å². The van der Waals surface area contributed by atoms with Crippen molar-refractivity contribution in [2.75, 3.05) is 27.7 Å². The molecule has 0 aromatic carbocycles. The van der Waals surface area contributed by atoms with Crippen LogP contribution in [0.2, 0.25) is 0 Å². The van der Waals surface area contributed by atoms with E-state index in [2.05, 4.69) is 23.0 Å². The molecule has 1 rings (SSSR count). The molecule has 16 heavy (non-hydrogen) atoms. The van der Waals surface area contributed by atoms with Crippen LogP contribution in [0.15, 0.2) is 0 Å². The van der Waals surface area contributed by atoms with Crippen molar-refractivity contribution in [1.82, 2.24) is 26.0 Å². The summed E-state index contributed by atoms with van der Waals surface area (Å²) in [5.41, 5.74) is 2.57. The highest BCUT2D eigenvalue weighted by atomic mass is 16.2. The Hall–Kier alpha value is -1.18. The summed E-state index contributed by atoms with van der Waals surface area (Å²) >= 11 is 0. The third-order valence-corrected chi connectivity index (χ3v) is 2.67. The molecule has 0 aromatic heterocycles. The quantitative estimate of drug-likeness (QED) is 0.403. The molecule has 0 spiro atoms. The lowest BCUT2D eigenvalue weighted by Crippen LogP contribution is -2.67. The summed E-state index contributed by atoms with van der Waals surface area (Å²) in [5, 5.41) is 6.66. The molecule has 0 saturated carbocycles. The predicted octanol–water partition coefficient (Wildman–Crippen LogP) is -1.30. The van der Waals surface area contributed by atoms with Crippen molar-refractivity contribution >= 4 is 11.9 Å². The molecule has 7 heteroatoms. The summed E-state index contributed by atoms with van der Waals surface area (Å²) in [5.74, 6) is -1.56. The van der Waals surface area contributed by atoms with E-state index in [9.17, 15) is 9.59 Å². The fourth-order valence-electron chi connectivity index (χ4n) is 1.86. The Morgan fingerprint density at radius 1 is 1.25 bits per heavy atom. The van der Waals surface area contributed by atoms with Crippen LogP contribution in [0.1, 0.15) is 6.42 Å². The van der Waals surface area contributed by atoms with Crippen LogP contribution in [0.4, 0.5) is 4.79 Å². The Labute approximate surface area is 95.1 Å². The van der Waals surface area contributed by atoms with E-state index < -0.39 is 5.79 Å². The first kappa shape index (κ1) is 12.9. The number of likely N-dealkylation sites (N-methyl/N-ethyl adjacent to an activating group) is 2. The standard InChI is InChI=1S/C9H18N5O2/c1-5-6-13-8(16)14(12-4)7(15)9(13,10-2)11-3/h10-12H,1,5-6H2,2-4H3. The molecule has 1 saturated heterocycles. The SMILES string of the molecule is [CH2]CCN1C(=O)N(NC)C(=O)C1(NC)NC. The van der Waals surface area contributed by atoms with Gasteiger partial charge >= 0.3 is 11.9 Å². The Morgan fingerprint density at radius 2 is 1.81 bits per heavy atom. The second-order valence-electron chi connectivity index (χ2n) is 3.36. The maximum atomic E-state index is 12.1. The molecular formula is C9H18N5O2. The van der Waals surface area contributed by atoms with Gasteiger partial charge in [0.2, 0.25) is 5.79 Å². The minimum absolute atomic E-state index is 0.376. The van der Waals surface area contributed by atoms with Crippen LogP contribution in [0.5, 0.6) is 0 Å². The number of carbonyl (C=O) groups is 2. The fourth-order valence-corrected chi connectivity index (χ4v) is 1.86. The van der Waals surface area contributed by atoms with Crippen molar-refractivity contribution in [1.29, 1.82) is 0 Å². The van der Waals surface area contributed by atoms with Crippen molar-refractivity contribution in [3.8, 4) is 0 Å².